The fraction of sp³-hybridized carbons (Fsp3) is 0.300. The molecule has 0 spiro atoms. The van der Waals surface area contributed by atoms with Crippen molar-refractivity contribution in [1.29, 1.82) is 0 Å². The van der Waals surface area contributed by atoms with Gasteiger partial charge in [-0.25, -0.2) is 0 Å². The van der Waals surface area contributed by atoms with Gasteiger partial charge in [0.05, 0.1) is 7.11 Å². The summed E-state index contributed by atoms with van der Waals surface area (Å²) in [5.74, 6) is 0.827. The first kappa shape index (κ1) is 10.8. The van der Waals surface area contributed by atoms with E-state index in [-0.39, 0.29) is 0 Å². The monoisotopic (exact) mass is 210 g/mol. The van der Waals surface area contributed by atoms with Gasteiger partial charge in [0.2, 0.25) is 0 Å². The van der Waals surface area contributed by atoms with Gasteiger partial charge in [0.15, 0.2) is 5.11 Å². The van der Waals surface area contributed by atoms with E-state index < -0.39 is 0 Å². The molecule has 0 aliphatic carbocycles. The van der Waals surface area contributed by atoms with E-state index in [0.29, 0.717) is 5.11 Å². The number of ether oxygens (including phenoxy) is 1. The maximum atomic E-state index is 5.58. The maximum absolute atomic E-state index is 5.58. The summed E-state index contributed by atoms with van der Waals surface area (Å²) in [7, 11) is 1.64. The molecule has 0 aromatic heterocycles. The molecule has 4 heteroatoms. The molecule has 0 fully saturated rings. The number of rotatable bonds is 3. The normalized spacial score (nSPS) is 9.57. The van der Waals surface area contributed by atoms with Crippen LogP contribution in [0.2, 0.25) is 0 Å². The topological polar surface area (TPSA) is 38.5 Å². The minimum absolute atomic E-state index is 0.387. The summed E-state index contributed by atoms with van der Waals surface area (Å²) in [5.41, 5.74) is 6.56. The fourth-order valence-corrected chi connectivity index (χ4v) is 1.46. The summed E-state index contributed by atoms with van der Waals surface area (Å²) in [6.07, 6.45) is 0. The molecule has 0 amide bonds. The second-order valence-electron chi connectivity index (χ2n) is 2.78. The van der Waals surface area contributed by atoms with E-state index in [2.05, 4.69) is 0 Å². The minimum atomic E-state index is 0.387. The lowest BCUT2D eigenvalue weighted by molar-refractivity contribution is 0.415. The number of methoxy groups -OCH3 is 1. The second-order valence-corrected chi connectivity index (χ2v) is 3.20. The SMILES string of the molecule is CCN(C(N)=S)c1ccc(OC)cc1. The highest BCUT2D eigenvalue weighted by Crippen LogP contribution is 2.18. The first-order valence-electron chi connectivity index (χ1n) is 4.40. The Balaban J connectivity index is 2.89. The lowest BCUT2D eigenvalue weighted by atomic mass is 10.3. The molecule has 1 aromatic rings. The Hall–Kier alpha value is -1.29. The number of nitrogens with zero attached hydrogens (tertiary/aromatic N) is 1. The molecule has 14 heavy (non-hydrogen) atoms. The summed E-state index contributed by atoms with van der Waals surface area (Å²) < 4.78 is 5.06. The molecule has 0 radical (unpaired) electrons. The second kappa shape index (κ2) is 4.81. The van der Waals surface area contributed by atoms with Gasteiger partial charge in [-0.15, -0.1) is 0 Å². The van der Waals surface area contributed by atoms with Gasteiger partial charge in [-0.05, 0) is 43.4 Å². The largest absolute Gasteiger partial charge is 0.497 e. The molecule has 0 atom stereocenters. The zero-order valence-electron chi connectivity index (χ0n) is 8.36. The molecule has 0 aliphatic heterocycles. The number of anilines is 1. The first-order chi connectivity index (χ1) is 6.69. The smallest absolute Gasteiger partial charge is 0.170 e. The fourth-order valence-electron chi connectivity index (χ4n) is 1.23. The van der Waals surface area contributed by atoms with E-state index in [1.807, 2.05) is 36.1 Å². The number of thiocarbonyl (C=S) groups is 1. The van der Waals surface area contributed by atoms with E-state index in [1.54, 1.807) is 7.11 Å². The molecule has 1 aromatic carbocycles. The lowest BCUT2D eigenvalue weighted by Crippen LogP contribution is -2.35. The van der Waals surface area contributed by atoms with Crippen molar-refractivity contribution < 1.29 is 4.74 Å². The van der Waals surface area contributed by atoms with E-state index in [0.717, 1.165) is 18.0 Å². The molecule has 0 aliphatic rings. The molecule has 0 saturated heterocycles. The van der Waals surface area contributed by atoms with Crippen molar-refractivity contribution in [1.82, 2.24) is 0 Å². The van der Waals surface area contributed by atoms with Crippen molar-refractivity contribution in [3.63, 3.8) is 0 Å². The van der Waals surface area contributed by atoms with Gasteiger partial charge in [0, 0.05) is 12.2 Å². The molecule has 0 bridgehead atoms. The predicted octanol–water partition coefficient (Wildman–Crippen LogP) is 1.77. The average Bonchev–Trinajstić information content (AvgIpc) is 2.19. The molecular formula is C10H14N2OS. The molecule has 2 N–H and O–H groups in total. The third-order valence-corrected chi connectivity index (χ3v) is 2.19. The number of hydrogen-bond donors (Lipinski definition) is 1. The summed E-state index contributed by atoms with van der Waals surface area (Å²) >= 11 is 4.93. The van der Waals surface area contributed by atoms with E-state index >= 15 is 0 Å². The Kier molecular flexibility index (Phi) is 3.71. The Morgan fingerprint density at radius 1 is 1.43 bits per heavy atom. The van der Waals surface area contributed by atoms with E-state index in [4.69, 9.17) is 22.7 Å². The minimum Gasteiger partial charge on any atom is -0.497 e. The zero-order chi connectivity index (χ0) is 10.6. The van der Waals surface area contributed by atoms with Crippen LogP contribution in [0.5, 0.6) is 5.75 Å². The standard InChI is InChI=1S/C10H14N2OS/c1-3-12(10(11)14)8-4-6-9(13-2)7-5-8/h4-7H,3H2,1-2H3,(H2,11,14). The number of benzene rings is 1. The Bertz CT molecular complexity index is 310. The van der Waals surface area contributed by atoms with Crippen LogP contribution in [0.4, 0.5) is 5.69 Å². The quantitative estimate of drug-likeness (QED) is 0.772. The van der Waals surface area contributed by atoms with Crippen molar-refractivity contribution in [2.24, 2.45) is 5.73 Å². The van der Waals surface area contributed by atoms with Crippen molar-refractivity contribution >= 4 is 23.0 Å². The number of nitrogens with two attached hydrogens (primary N) is 1. The third kappa shape index (κ3) is 2.35. The van der Waals surface area contributed by atoms with Crippen molar-refractivity contribution in [3.8, 4) is 5.75 Å². The molecular weight excluding hydrogens is 196 g/mol. The van der Waals surface area contributed by atoms with Crippen LogP contribution in [0.25, 0.3) is 0 Å². The molecule has 0 heterocycles. The molecule has 1 rings (SSSR count). The summed E-state index contributed by atoms with van der Waals surface area (Å²) in [6.45, 7) is 2.77. The van der Waals surface area contributed by atoms with Crippen LogP contribution >= 0.6 is 12.2 Å². The third-order valence-electron chi connectivity index (χ3n) is 1.97. The van der Waals surface area contributed by atoms with E-state index in [9.17, 15) is 0 Å². The van der Waals surface area contributed by atoms with Gasteiger partial charge in [0.1, 0.15) is 5.75 Å². The van der Waals surface area contributed by atoms with Crippen molar-refractivity contribution in [2.45, 2.75) is 6.92 Å². The van der Waals surface area contributed by atoms with Crippen molar-refractivity contribution in [3.05, 3.63) is 24.3 Å². The van der Waals surface area contributed by atoms with Gasteiger partial charge in [-0.3, -0.25) is 0 Å². The van der Waals surface area contributed by atoms with Gasteiger partial charge in [0.25, 0.3) is 0 Å². The summed E-state index contributed by atoms with van der Waals surface area (Å²) in [6, 6.07) is 7.63. The van der Waals surface area contributed by atoms with Crippen molar-refractivity contribution in [2.75, 3.05) is 18.6 Å². The van der Waals surface area contributed by atoms with Gasteiger partial charge < -0.3 is 15.4 Å². The maximum Gasteiger partial charge on any atom is 0.170 e. The van der Waals surface area contributed by atoms with Crippen LogP contribution in [-0.4, -0.2) is 18.8 Å². The Morgan fingerprint density at radius 3 is 2.36 bits per heavy atom. The number of hydrogen-bond acceptors (Lipinski definition) is 2. The van der Waals surface area contributed by atoms with Gasteiger partial charge in [-0.2, -0.15) is 0 Å². The molecule has 76 valence electrons. The van der Waals surface area contributed by atoms with Crippen LogP contribution in [-0.2, 0) is 0 Å². The highest BCUT2D eigenvalue weighted by atomic mass is 32.1. The van der Waals surface area contributed by atoms with Crippen LogP contribution < -0.4 is 15.4 Å². The van der Waals surface area contributed by atoms with Crippen LogP contribution in [0.15, 0.2) is 24.3 Å². The van der Waals surface area contributed by atoms with Crippen LogP contribution in [0.3, 0.4) is 0 Å². The first-order valence-corrected chi connectivity index (χ1v) is 4.81. The van der Waals surface area contributed by atoms with Crippen LogP contribution in [0.1, 0.15) is 6.92 Å². The van der Waals surface area contributed by atoms with E-state index in [1.165, 1.54) is 0 Å². The molecule has 0 unspecified atom stereocenters. The molecule has 3 nitrogen and oxygen atoms in total. The van der Waals surface area contributed by atoms with Gasteiger partial charge in [-0.1, -0.05) is 0 Å². The zero-order valence-corrected chi connectivity index (χ0v) is 9.17. The predicted molar refractivity (Wildman–Crippen MR) is 62.8 cm³/mol. The van der Waals surface area contributed by atoms with Gasteiger partial charge >= 0.3 is 0 Å². The summed E-state index contributed by atoms with van der Waals surface area (Å²) in [5, 5.41) is 0.387. The Labute approximate surface area is 89.5 Å². The Morgan fingerprint density at radius 2 is 2.00 bits per heavy atom. The highest BCUT2D eigenvalue weighted by molar-refractivity contribution is 7.80. The highest BCUT2D eigenvalue weighted by Gasteiger charge is 2.05. The molecule has 0 saturated carbocycles. The average molecular weight is 210 g/mol. The van der Waals surface area contributed by atoms with Crippen LogP contribution in [0, 0.1) is 0 Å². The summed E-state index contributed by atoms with van der Waals surface area (Å²) in [4.78, 5) is 1.86. The lowest BCUT2D eigenvalue weighted by Gasteiger charge is -2.20.